The summed E-state index contributed by atoms with van der Waals surface area (Å²) in [6.45, 7) is 1.36. The largest absolute Gasteiger partial charge is 0.419 e. The first-order chi connectivity index (χ1) is 10.1. The van der Waals surface area contributed by atoms with E-state index in [-0.39, 0.29) is 28.6 Å². The van der Waals surface area contributed by atoms with Gasteiger partial charge in [0, 0.05) is 5.56 Å². The van der Waals surface area contributed by atoms with Crippen LogP contribution in [-0.4, -0.2) is 9.97 Å². The van der Waals surface area contributed by atoms with E-state index in [1.807, 2.05) is 0 Å². The molecule has 0 bridgehead atoms. The predicted octanol–water partition coefficient (Wildman–Crippen LogP) is 2.65. The molecule has 0 atom stereocenters. The molecule has 4 N–H and O–H groups in total. The van der Waals surface area contributed by atoms with Crippen molar-refractivity contribution in [2.75, 3.05) is 11.5 Å². The molecule has 0 unspecified atom stereocenters. The lowest BCUT2D eigenvalue weighted by Crippen LogP contribution is -2.11. The Balaban J connectivity index is 2.86. The Bertz CT molecular complexity index is 792. The Morgan fingerprint density at radius 1 is 1.18 bits per heavy atom. The van der Waals surface area contributed by atoms with Gasteiger partial charge in [-0.2, -0.15) is 23.4 Å². The first-order valence-electron chi connectivity index (χ1n) is 5.86. The van der Waals surface area contributed by atoms with E-state index in [0.717, 1.165) is 6.07 Å². The SMILES string of the molecule is Cc1cc(-c2nc(N)nc(N)c2C#N)c(F)c(C(F)(F)F)c1. The predicted molar refractivity (Wildman–Crippen MR) is 70.7 cm³/mol. The zero-order valence-corrected chi connectivity index (χ0v) is 11.2. The molecule has 0 amide bonds. The molecule has 0 aliphatic carbocycles. The number of hydrogen-bond acceptors (Lipinski definition) is 5. The molecular weight excluding hydrogens is 302 g/mol. The van der Waals surface area contributed by atoms with Crippen molar-refractivity contribution in [3.8, 4) is 17.3 Å². The maximum absolute atomic E-state index is 14.2. The molecule has 2 aromatic rings. The molecule has 0 aliphatic heterocycles. The molecule has 1 heterocycles. The van der Waals surface area contributed by atoms with E-state index < -0.39 is 23.1 Å². The van der Waals surface area contributed by atoms with Crippen LogP contribution in [0, 0.1) is 24.1 Å². The smallest absolute Gasteiger partial charge is 0.382 e. The van der Waals surface area contributed by atoms with E-state index in [2.05, 4.69) is 9.97 Å². The minimum Gasteiger partial charge on any atom is -0.382 e. The third-order valence-corrected chi connectivity index (χ3v) is 2.84. The van der Waals surface area contributed by atoms with Crippen LogP contribution >= 0.6 is 0 Å². The maximum Gasteiger partial charge on any atom is 0.419 e. The number of aryl methyl sites for hydroxylation is 1. The van der Waals surface area contributed by atoms with E-state index >= 15 is 0 Å². The van der Waals surface area contributed by atoms with Gasteiger partial charge in [-0.25, -0.2) is 9.37 Å². The summed E-state index contributed by atoms with van der Waals surface area (Å²) in [7, 11) is 0. The maximum atomic E-state index is 14.2. The summed E-state index contributed by atoms with van der Waals surface area (Å²) < 4.78 is 52.9. The van der Waals surface area contributed by atoms with Gasteiger partial charge in [0.05, 0.1) is 11.3 Å². The van der Waals surface area contributed by atoms with Gasteiger partial charge in [0.2, 0.25) is 5.95 Å². The summed E-state index contributed by atoms with van der Waals surface area (Å²) in [5.41, 5.74) is 8.32. The average Bonchev–Trinajstić information content (AvgIpc) is 2.39. The Kier molecular flexibility index (Phi) is 3.62. The number of nitrogens with zero attached hydrogens (tertiary/aromatic N) is 3. The first-order valence-corrected chi connectivity index (χ1v) is 5.86. The fourth-order valence-corrected chi connectivity index (χ4v) is 1.95. The highest BCUT2D eigenvalue weighted by molar-refractivity contribution is 5.74. The molecule has 0 radical (unpaired) electrons. The van der Waals surface area contributed by atoms with Crippen molar-refractivity contribution in [3.05, 3.63) is 34.6 Å². The lowest BCUT2D eigenvalue weighted by atomic mass is 10.00. The van der Waals surface area contributed by atoms with Gasteiger partial charge in [-0.1, -0.05) is 0 Å². The van der Waals surface area contributed by atoms with Crippen molar-refractivity contribution in [1.82, 2.24) is 9.97 Å². The van der Waals surface area contributed by atoms with Gasteiger partial charge >= 0.3 is 6.18 Å². The van der Waals surface area contributed by atoms with E-state index in [9.17, 15) is 17.6 Å². The number of aromatic nitrogens is 2. The summed E-state index contributed by atoms with van der Waals surface area (Å²) in [5.74, 6) is -2.26. The summed E-state index contributed by atoms with van der Waals surface area (Å²) in [4.78, 5) is 7.19. The molecule has 0 saturated carbocycles. The minimum absolute atomic E-state index is 0.142. The number of rotatable bonds is 1. The molecule has 0 aliphatic rings. The van der Waals surface area contributed by atoms with Gasteiger partial charge in [-0.15, -0.1) is 0 Å². The number of alkyl halides is 3. The van der Waals surface area contributed by atoms with Crippen LogP contribution in [0.5, 0.6) is 0 Å². The summed E-state index contributed by atoms with van der Waals surface area (Å²) >= 11 is 0. The lowest BCUT2D eigenvalue weighted by Gasteiger charge is -2.14. The van der Waals surface area contributed by atoms with Gasteiger partial charge in [0.1, 0.15) is 23.3 Å². The fraction of sp³-hybridized carbons (Fsp3) is 0.154. The van der Waals surface area contributed by atoms with Gasteiger partial charge in [0.15, 0.2) is 0 Å². The third-order valence-electron chi connectivity index (χ3n) is 2.84. The van der Waals surface area contributed by atoms with Gasteiger partial charge in [-0.3, -0.25) is 0 Å². The summed E-state index contributed by atoms with van der Waals surface area (Å²) in [5, 5.41) is 9.05. The van der Waals surface area contributed by atoms with Crippen LogP contribution in [0.15, 0.2) is 12.1 Å². The van der Waals surface area contributed by atoms with Gasteiger partial charge in [0.25, 0.3) is 0 Å². The number of benzene rings is 1. The van der Waals surface area contributed by atoms with Crippen LogP contribution < -0.4 is 11.5 Å². The first kappa shape index (κ1) is 15.5. The number of hydrogen-bond donors (Lipinski definition) is 2. The summed E-state index contributed by atoms with van der Waals surface area (Å²) in [6, 6.07) is 3.44. The molecule has 22 heavy (non-hydrogen) atoms. The molecule has 1 aromatic heterocycles. The Morgan fingerprint density at radius 3 is 2.36 bits per heavy atom. The van der Waals surface area contributed by atoms with Gasteiger partial charge in [-0.05, 0) is 24.6 Å². The minimum atomic E-state index is -4.89. The van der Waals surface area contributed by atoms with E-state index in [4.69, 9.17) is 16.7 Å². The van der Waals surface area contributed by atoms with Crippen LogP contribution in [0.2, 0.25) is 0 Å². The highest BCUT2D eigenvalue weighted by Crippen LogP contribution is 2.37. The number of nitriles is 1. The summed E-state index contributed by atoms with van der Waals surface area (Å²) in [6.07, 6.45) is -4.89. The van der Waals surface area contributed by atoms with Crippen LogP contribution in [0.1, 0.15) is 16.7 Å². The second-order valence-electron chi connectivity index (χ2n) is 4.47. The Hall–Kier alpha value is -2.89. The molecule has 0 fully saturated rings. The van der Waals surface area contributed by atoms with Crippen molar-refractivity contribution in [1.29, 1.82) is 5.26 Å². The zero-order chi connectivity index (χ0) is 16.7. The van der Waals surface area contributed by atoms with Crippen LogP contribution in [0.4, 0.5) is 29.3 Å². The van der Waals surface area contributed by atoms with E-state index in [1.165, 1.54) is 6.92 Å². The normalized spacial score (nSPS) is 11.3. The zero-order valence-electron chi connectivity index (χ0n) is 11.2. The topological polar surface area (TPSA) is 102 Å². The number of halogens is 4. The molecule has 114 valence electrons. The monoisotopic (exact) mass is 311 g/mol. The second-order valence-corrected chi connectivity index (χ2v) is 4.47. The molecule has 0 saturated heterocycles. The number of anilines is 2. The highest BCUT2D eigenvalue weighted by atomic mass is 19.4. The van der Waals surface area contributed by atoms with Crippen molar-refractivity contribution in [3.63, 3.8) is 0 Å². The molecule has 1 aromatic carbocycles. The second kappa shape index (κ2) is 5.14. The lowest BCUT2D eigenvalue weighted by molar-refractivity contribution is -0.139. The molecule has 5 nitrogen and oxygen atoms in total. The fourth-order valence-electron chi connectivity index (χ4n) is 1.95. The molecule has 2 rings (SSSR count). The van der Waals surface area contributed by atoms with Crippen molar-refractivity contribution in [2.45, 2.75) is 13.1 Å². The van der Waals surface area contributed by atoms with E-state index in [1.54, 1.807) is 6.07 Å². The van der Waals surface area contributed by atoms with Crippen molar-refractivity contribution < 1.29 is 17.6 Å². The number of nitrogens with two attached hydrogens (primary N) is 2. The highest BCUT2D eigenvalue weighted by Gasteiger charge is 2.36. The Morgan fingerprint density at radius 2 is 1.82 bits per heavy atom. The standard InChI is InChI=1S/C13H9F4N5/c1-5-2-6(9(14)8(3-5)13(15,16)17)10-7(4-18)11(19)22-12(20)21-10/h2-3H,1H3,(H4,19,20,21,22). The van der Waals surface area contributed by atoms with Gasteiger partial charge < -0.3 is 11.5 Å². The average molecular weight is 311 g/mol. The molecule has 9 heteroatoms. The number of nitrogen functional groups attached to an aromatic ring is 2. The third kappa shape index (κ3) is 2.63. The Labute approximate surface area is 122 Å². The molecular formula is C13H9F4N5. The quantitative estimate of drug-likeness (QED) is 0.788. The van der Waals surface area contributed by atoms with Crippen molar-refractivity contribution in [2.24, 2.45) is 0 Å². The molecule has 0 spiro atoms. The van der Waals surface area contributed by atoms with Crippen molar-refractivity contribution >= 4 is 11.8 Å². The van der Waals surface area contributed by atoms with E-state index in [0.29, 0.717) is 6.07 Å². The van der Waals surface area contributed by atoms with Crippen LogP contribution in [0.25, 0.3) is 11.3 Å². The van der Waals surface area contributed by atoms with Crippen LogP contribution in [-0.2, 0) is 6.18 Å². The van der Waals surface area contributed by atoms with Crippen LogP contribution in [0.3, 0.4) is 0 Å².